The molecule has 1 aliphatic heterocycles. The van der Waals surface area contributed by atoms with Gasteiger partial charge < -0.3 is 19.9 Å². The van der Waals surface area contributed by atoms with Crippen LogP contribution in [0.2, 0.25) is 0 Å². The van der Waals surface area contributed by atoms with Crippen LogP contribution in [0.25, 0.3) is 33.4 Å². The van der Waals surface area contributed by atoms with Gasteiger partial charge in [0.05, 0.1) is 11.1 Å². The molecule has 2 N–H and O–H groups in total. The van der Waals surface area contributed by atoms with Crippen LogP contribution in [0.4, 0.5) is 15.9 Å². The highest BCUT2D eigenvalue weighted by Crippen LogP contribution is 2.46. The van der Waals surface area contributed by atoms with Crippen molar-refractivity contribution in [3.05, 3.63) is 84.7 Å². The number of nitrogens with one attached hydrogen (secondary N) is 2. The fraction of sp³-hybridized carbons (Fsp3) is 0.107. The number of carbonyl (C=O) groups is 1. The van der Waals surface area contributed by atoms with Crippen molar-refractivity contribution in [3.63, 3.8) is 0 Å². The maximum atomic E-state index is 13.1. The number of rotatable bonds is 5. The number of ether oxygens (including phenoxy) is 1. The number of halogens is 1. The molecule has 6 rings (SSSR count). The normalized spacial score (nSPS) is 11.9. The lowest BCUT2D eigenvalue weighted by atomic mass is 9.95. The largest absolute Gasteiger partial charge is 0.424 e. The van der Waals surface area contributed by atoms with E-state index in [1.165, 1.54) is 0 Å². The number of carbonyl (C=O) groups excluding carboxylic acids is 1. The van der Waals surface area contributed by atoms with Crippen LogP contribution in [-0.4, -0.2) is 30.4 Å². The first kappa shape index (κ1) is 23.3. The van der Waals surface area contributed by atoms with E-state index in [4.69, 9.17) is 4.74 Å². The molecule has 10 heteroatoms. The van der Waals surface area contributed by atoms with E-state index in [9.17, 15) is 9.18 Å². The second kappa shape index (κ2) is 9.07. The minimum absolute atomic E-state index is 0.284. The Labute approximate surface area is 217 Å². The van der Waals surface area contributed by atoms with E-state index in [2.05, 4.69) is 37.1 Å². The molecule has 9 nitrogen and oxygen atoms in total. The highest BCUT2D eigenvalue weighted by atomic mass is 19.1. The van der Waals surface area contributed by atoms with Crippen molar-refractivity contribution in [2.24, 2.45) is 7.05 Å². The molecule has 188 valence electrons. The summed E-state index contributed by atoms with van der Waals surface area (Å²) in [6.45, 7) is 5.45. The number of benzene rings is 2. The summed E-state index contributed by atoms with van der Waals surface area (Å²) >= 11 is 0. The Kier molecular flexibility index (Phi) is 5.56. The minimum Gasteiger partial charge on any atom is -0.424 e. The van der Waals surface area contributed by atoms with Crippen molar-refractivity contribution in [1.82, 2.24) is 24.5 Å². The van der Waals surface area contributed by atoms with Gasteiger partial charge in [-0.3, -0.25) is 4.79 Å². The Morgan fingerprint density at radius 2 is 1.95 bits per heavy atom. The molecule has 0 fully saturated rings. The van der Waals surface area contributed by atoms with Gasteiger partial charge in [0, 0.05) is 36.7 Å². The van der Waals surface area contributed by atoms with Gasteiger partial charge in [-0.2, -0.15) is 0 Å². The molecule has 0 unspecified atom stereocenters. The lowest BCUT2D eigenvalue weighted by Crippen LogP contribution is -2.10. The van der Waals surface area contributed by atoms with Gasteiger partial charge in [-0.1, -0.05) is 24.8 Å². The first-order valence-corrected chi connectivity index (χ1v) is 11.8. The molecule has 38 heavy (non-hydrogen) atoms. The summed E-state index contributed by atoms with van der Waals surface area (Å²) in [5.41, 5.74) is 6.87. The van der Waals surface area contributed by atoms with Crippen LogP contribution >= 0.6 is 0 Å². The predicted octanol–water partition coefficient (Wildman–Crippen LogP) is 5.54. The van der Waals surface area contributed by atoms with E-state index in [1.807, 2.05) is 54.9 Å². The maximum Gasteiger partial charge on any atom is 0.322 e. The number of nitrogens with zero attached hydrogens (tertiary/aromatic N) is 5. The summed E-state index contributed by atoms with van der Waals surface area (Å²) in [7, 11) is 1.95. The van der Waals surface area contributed by atoms with Crippen molar-refractivity contribution in [2.45, 2.75) is 13.5 Å². The number of hydrogen-bond donors (Lipinski definition) is 2. The summed E-state index contributed by atoms with van der Waals surface area (Å²) in [5.74, 6) is -0.562. The molecule has 3 aromatic heterocycles. The molecular formula is C28H22FN7O2. The van der Waals surface area contributed by atoms with Crippen molar-refractivity contribution in [2.75, 3.05) is 10.6 Å². The van der Waals surface area contributed by atoms with Gasteiger partial charge in [0.1, 0.15) is 23.5 Å². The van der Waals surface area contributed by atoms with Gasteiger partial charge in [0.25, 0.3) is 5.91 Å². The van der Waals surface area contributed by atoms with Crippen LogP contribution in [0.3, 0.4) is 0 Å². The molecule has 0 saturated carbocycles. The summed E-state index contributed by atoms with van der Waals surface area (Å²) in [5, 5.41) is 6.83. The molecule has 1 amide bonds. The molecule has 2 aromatic carbocycles. The van der Waals surface area contributed by atoms with E-state index in [1.54, 1.807) is 24.7 Å². The van der Waals surface area contributed by atoms with E-state index in [0.717, 1.165) is 50.5 Å². The predicted molar refractivity (Wildman–Crippen MR) is 142 cm³/mol. The Morgan fingerprint density at radius 1 is 1.13 bits per heavy atom. The minimum atomic E-state index is -1.05. The van der Waals surface area contributed by atoms with Crippen molar-refractivity contribution >= 4 is 28.4 Å². The van der Waals surface area contributed by atoms with Gasteiger partial charge in [0.2, 0.25) is 0 Å². The Morgan fingerprint density at radius 3 is 2.71 bits per heavy atom. The molecule has 0 aliphatic carbocycles. The molecule has 0 saturated heterocycles. The van der Waals surface area contributed by atoms with Crippen molar-refractivity contribution in [3.8, 4) is 34.1 Å². The van der Waals surface area contributed by atoms with Crippen molar-refractivity contribution in [1.29, 1.82) is 0 Å². The number of fused-ring (bicyclic) bond motifs is 2. The van der Waals surface area contributed by atoms with E-state index < -0.39 is 11.7 Å². The van der Waals surface area contributed by atoms with Crippen LogP contribution in [0, 0.1) is 6.92 Å². The number of aromatic nitrogens is 5. The topological polar surface area (TPSA) is 107 Å². The fourth-order valence-electron chi connectivity index (χ4n) is 4.68. The van der Waals surface area contributed by atoms with Gasteiger partial charge in [0.15, 0.2) is 5.83 Å². The third-order valence-corrected chi connectivity index (χ3v) is 6.40. The third kappa shape index (κ3) is 4.01. The molecule has 0 spiro atoms. The maximum absolute atomic E-state index is 13.1. The molecule has 0 atom stereocenters. The van der Waals surface area contributed by atoms with Crippen LogP contribution in [0.5, 0.6) is 11.8 Å². The van der Waals surface area contributed by atoms with Crippen LogP contribution in [0.1, 0.15) is 11.3 Å². The average molecular weight is 508 g/mol. The lowest BCUT2D eigenvalue weighted by molar-refractivity contribution is -0.114. The molecular weight excluding hydrogens is 485 g/mol. The summed E-state index contributed by atoms with van der Waals surface area (Å²) in [6.07, 6.45) is 3.20. The zero-order valence-corrected chi connectivity index (χ0v) is 20.6. The molecule has 1 aliphatic rings. The molecule has 5 aromatic rings. The summed E-state index contributed by atoms with van der Waals surface area (Å²) < 4.78 is 21.1. The second-order valence-corrected chi connectivity index (χ2v) is 8.90. The van der Waals surface area contributed by atoms with E-state index >= 15 is 0 Å². The second-order valence-electron chi connectivity index (χ2n) is 8.90. The van der Waals surface area contributed by atoms with E-state index in [-0.39, 0.29) is 6.01 Å². The Balaban J connectivity index is 1.46. The highest BCUT2D eigenvalue weighted by molar-refractivity contribution is 6.09. The first-order chi connectivity index (χ1) is 18.4. The number of hydrogen-bond acceptors (Lipinski definition) is 7. The van der Waals surface area contributed by atoms with Gasteiger partial charge in [-0.25, -0.2) is 24.3 Å². The number of amides is 1. The van der Waals surface area contributed by atoms with E-state index in [0.29, 0.717) is 18.0 Å². The third-order valence-electron chi connectivity index (χ3n) is 6.40. The van der Waals surface area contributed by atoms with Gasteiger partial charge in [-0.05, 0) is 53.9 Å². The van der Waals surface area contributed by atoms with Gasteiger partial charge in [-0.15, -0.1) is 0 Å². The van der Waals surface area contributed by atoms with Crippen LogP contribution < -0.4 is 15.4 Å². The monoisotopic (exact) mass is 507 g/mol. The number of anilines is 2. The lowest BCUT2D eigenvalue weighted by Gasteiger charge is -2.14. The average Bonchev–Trinajstić information content (AvgIpc) is 3.10. The molecule has 0 radical (unpaired) electrons. The molecule has 4 heterocycles. The van der Waals surface area contributed by atoms with Crippen molar-refractivity contribution < 1.29 is 13.9 Å². The summed E-state index contributed by atoms with van der Waals surface area (Å²) in [6, 6.07) is 15.2. The highest BCUT2D eigenvalue weighted by Gasteiger charge is 2.26. The summed E-state index contributed by atoms with van der Waals surface area (Å²) in [4.78, 5) is 29.3. The first-order valence-electron chi connectivity index (χ1n) is 11.8. The smallest absolute Gasteiger partial charge is 0.322 e. The Bertz CT molecular complexity index is 1740. The standard InChI is InChI=1S/C28H22FN7O2/c1-15-10-11-30-28(34-15)38-20-8-9-21-18(12-20)13-31-25-23-22(21)24(36(3)26(23)33-14-32-25)17-4-6-19(7-5-17)35-27(37)16(2)29/h4-12,14H,2,13H2,1,3H3,(H,35,37)(H,31,32,33). The number of aryl methyl sites for hydroxylation is 2. The molecule has 0 bridgehead atoms. The fourth-order valence-corrected chi connectivity index (χ4v) is 4.68. The quantitative estimate of drug-likeness (QED) is 0.301. The van der Waals surface area contributed by atoms with Crippen LogP contribution in [-0.2, 0) is 18.4 Å². The Hall–Kier alpha value is -5.12. The van der Waals surface area contributed by atoms with Gasteiger partial charge >= 0.3 is 6.01 Å². The zero-order valence-electron chi connectivity index (χ0n) is 20.6. The SMILES string of the molecule is C=C(F)C(=O)Nc1ccc(-c2c3c4c(ncnc4n2C)NCc2cc(Oc4nccc(C)n4)ccc2-3)cc1. The zero-order chi connectivity index (χ0) is 26.4. The van der Waals surface area contributed by atoms with Crippen LogP contribution in [0.15, 0.2) is 73.5 Å².